The average Bonchev–Trinajstić information content (AvgIpc) is 2.91. The Hall–Kier alpha value is -1.03. The van der Waals surface area contributed by atoms with Gasteiger partial charge in [-0.2, -0.15) is 0 Å². The lowest BCUT2D eigenvalue weighted by Gasteiger charge is -2.71. The van der Waals surface area contributed by atoms with Crippen molar-refractivity contribution in [3.05, 3.63) is 11.6 Å². The minimum absolute atomic E-state index is 0.0580. The molecule has 44 heavy (non-hydrogen) atoms. The minimum atomic E-state index is -1.73. The van der Waals surface area contributed by atoms with Gasteiger partial charge < -0.3 is 35.0 Å². The molecule has 250 valence electrons. The predicted octanol–water partition coefficient (Wildman–Crippen LogP) is 5.06. The van der Waals surface area contributed by atoms with Crippen LogP contribution in [0.5, 0.6) is 0 Å². The molecule has 5 aliphatic carbocycles. The molecule has 0 unspecified atom stereocenters. The van der Waals surface area contributed by atoms with E-state index < -0.39 is 36.7 Å². The molecule has 1 aliphatic heterocycles. The van der Waals surface area contributed by atoms with Crippen LogP contribution >= 0.6 is 0 Å². The molecule has 0 bridgehead atoms. The van der Waals surface area contributed by atoms with Gasteiger partial charge in [-0.1, -0.05) is 67.0 Å². The summed E-state index contributed by atoms with van der Waals surface area (Å²) in [5, 5.41) is 52.2. The zero-order chi connectivity index (χ0) is 32.4. The summed E-state index contributed by atoms with van der Waals surface area (Å²) in [6, 6.07) is 0. The maximum Gasteiger partial charge on any atom is 0.335 e. The largest absolute Gasteiger partial charge is 0.479 e. The number of allylic oxidation sites excluding steroid dienone is 2. The lowest BCUT2D eigenvalue weighted by molar-refractivity contribution is -0.324. The van der Waals surface area contributed by atoms with Crippen molar-refractivity contribution in [2.45, 2.75) is 156 Å². The zero-order valence-electron chi connectivity index (χ0n) is 28.2. The summed E-state index contributed by atoms with van der Waals surface area (Å²) in [6.07, 6.45) is 3.22. The summed E-state index contributed by atoms with van der Waals surface area (Å²) in [5.41, 5.74) is 1.69. The number of aliphatic carboxylic acids is 1. The van der Waals surface area contributed by atoms with Crippen molar-refractivity contribution >= 4 is 5.97 Å². The Kier molecular flexibility index (Phi) is 7.65. The van der Waals surface area contributed by atoms with Crippen LogP contribution in [0, 0.1) is 50.2 Å². The lowest BCUT2D eigenvalue weighted by atomic mass is 9.33. The van der Waals surface area contributed by atoms with Crippen molar-refractivity contribution in [3.8, 4) is 0 Å². The van der Waals surface area contributed by atoms with Crippen LogP contribution in [0.25, 0.3) is 0 Å². The van der Waals surface area contributed by atoms with E-state index in [4.69, 9.17) is 9.47 Å². The molecule has 0 aromatic rings. The summed E-state index contributed by atoms with van der Waals surface area (Å²) in [6.45, 7) is 19.1. The third kappa shape index (κ3) is 4.40. The standard InChI is InChI=1S/C36H58O8/c1-31(2)17-20-19-9-10-22-34(6)13-12-24(43-30-27(40)25(38)26(39)28(44-30)29(41)42)32(3,4)21(34)11-14-36(22,8)35(19,7)16-15-33(20,5)23(37)18-31/h9,20-28,30,37-40H,10-18H2,1-8H3,(H,41,42)/t20-,21-,22+,23+,24-,25-,26-,27+,28-,30+,33+,34-,35+,36+/m0/s1. The van der Waals surface area contributed by atoms with Gasteiger partial charge in [0.2, 0.25) is 0 Å². The van der Waals surface area contributed by atoms with Crippen LogP contribution in [0.4, 0.5) is 0 Å². The Labute approximate surface area is 263 Å². The third-order valence-electron chi connectivity index (χ3n) is 15.2. The summed E-state index contributed by atoms with van der Waals surface area (Å²) < 4.78 is 11.9. The van der Waals surface area contributed by atoms with Crippen LogP contribution in [-0.2, 0) is 14.3 Å². The Bertz CT molecular complexity index is 1200. The van der Waals surface area contributed by atoms with Crippen LogP contribution in [0.3, 0.4) is 0 Å². The van der Waals surface area contributed by atoms with Crippen molar-refractivity contribution < 1.29 is 39.8 Å². The molecule has 8 heteroatoms. The maximum absolute atomic E-state index is 11.7. The van der Waals surface area contributed by atoms with Gasteiger partial charge >= 0.3 is 5.97 Å². The first-order valence-corrected chi connectivity index (χ1v) is 17.2. The molecular formula is C36H58O8. The lowest BCUT2D eigenvalue weighted by Crippen LogP contribution is -2.66. The zero-order valence-corrected chi connectivity index (χ0v) is 28.2. The molecule has 8 nitrogen and oxygen atoms in total. The van der Waals surface area contributed by atoms with Crippen LogP contribution in [0.2, 0.25) is 0 Å². The smallest absolute Gasteiger partial charge is 0.335 e. The highest BCUT2D eigenvalue weighted by molar-refractivity contribution is 5.73. The number of carboxylic acids is 1. The van der Waals surface area contributed by atoms with E-state index in [2.05, 4.69) is 61.5 Å². The molecule has 1 saturated heterocycles. The second-order valence-electron chi connectivity index (χ2n) is 18.2. The fraction of sp³-hybridized carbons (Fsp3) is 0.917. The molecule has 5 fully saturated rings. The number of carbonyl (C=O) groups is 1. The van der Waals surface area contributed by atoms with Crippen LogP contribution in [0.1, 0.15) is 113 Å². The molecule has 6 rings (SSSR count). The number of carboxylic acid groups (broad SMARTS) is 1. The van der Waals surface area contributed by atoms with Crippen molar-refractivity contribution in [2.24, 2.45) is 50.2 Å². The Morgan fingerprint density at radius 2 is 1.50 bits per heavy atom. The van der Waals surface area contributed by atoms with E-state index in [0.29, 0.717) is 17.8 Å². The van der Waals surface area contributed by atoms with Gasteiger partial charge in [-0.05, 0) is 103 Å². The number of rotatable bonds is 3. The molecule has 0 aromatic heterocycles. The van der Waals surface area contributed by atoms with E-state index in [1.54, 1.807) is 5.57 Å². The molecule has 0 spiro atoms. The number of ether oxygens (including phenoxy) is 2. The van der Waals surface area contributed by atoms with Crippen LogP contribution in [0.15, 0.2) is 11.6 Å². The number of aliphatic hydroxyl groups is 4. The van der Waals surface area contributed by atoms with Crippen molar-refractivity contribution in [1.82, 2.24) is 0 Å². The fourth-order valence-corrected chi connectivity index (χ4v) is 12.2. The Morgan fingerprint density at radius 1 is 0.818 bits per heavy atom. The quantitative estimate of drug-likeness (QED) is 0.219. The molecule has 1 heterocycles. The molecule has 4 saturated carbocycles. The van der Waals surface area contributed by atoms with E-state index in [1.165, 1.54) is 0 Å². The molecule has 0 amide bonds. The average molecular weight is 619 g/mol. The van der Waals surface area contributed by atoms with Gasteiger partial charge in [0.25, 0.3) is 0 Å². The highest BCUT2D eigenvalue weighted by Crippen LogP contribution is 2.75. The van der Waals surface area contributed by atoms with Crippen LogP contribution < -0.4 is 0 Å². The molecule has 14 atom stereocenters. The summed E-state index contributed by atoms with van der Waals surface area (Å²) in [4.78, 5) is 11.7. The second kappa shape index (κ2) is 10.2. The summed E-state index contributed by atoms with van der Waals surface area (Å²) in [5.74, 6) is -0.138. The minimum Gasteiger partial charge on any atom is -0.479 e. The molecule has 6 aliphatic rings. The van der Waals surface area contributed by atoms with Crippen LogP contribution in [-0.4, -0.2) is 74.4 Å². The van der Waals surface area contributed by atoms with E-state index in [9.17, 15) is 30.3 Å². The molecular weight excluding hydrogens is 560 g/mol. The van der Waals surface area contributed by atoms with E-state index in [1.807, 2.05) is 0 Å². The van der Waals surface area contributed by atoms with Gasteiger partial charge in [-0.15, -0.1) is 0 Å². The predicted molar refractivity (Wildman–Crippen MR) is 165 cm³/mol. The number of hydrogen-bond donors (Lipinski definition) is 5. The van der Waals surface area contributed by atoms with E-state index >= 15 is 0 Å². The van der Waals surface area contributed by atoms with Crippen molar-refractivity contribution in [3.63, 3.8) is 0 Å². The maximum atomic E-state index is 11.7. The first-order chi connectivity index (χ1) is 20.2. The number of aliphatic hydroxyl groups excluding tert-OH is 4. The highest BCUT2D eigenvalue weighted by atomic mass is 16.7. The molecule has 0 aromatic carbocycles. The van der Waals surface area contributed by atoms with Crippen molar-refractivity contribution in [1.29, 1.82) is 0 Å². The van der Waals surface area contributed by atoms with Gasteiger partial charge in [-0.3, -0.25) is 0 Å². The van der Waals surface area contributed by atoms with Gasteiger partial charge in [0, 0.05) is 5.41 Å². The fourth-order valence-electron chi connectivity index (χ4n) is 12.2. The van der Waals surface area contributed by atoms with Gasteiger partial charge in [0.1, 0.15) is 18.3 Å². The van der Waals surface area contributed by atoms with Gasteiger partial charge in [-0.25, -0.2) is 4.79 Å². The SMILES string of the molecule is CC1(C)C[C@@H](O)[C@]2(C)CC[C@]3(C)C(=CC[C@@H]4[C@@]5(C)CC[C@H](O[C@@H]6O[C@H](C(=O)O)[C@@H](O)[C@H](O)[C@H]6O)C(C)(C)[C@@H]5CC[C@]43C)[C@@H]2C1. The first-order valence-electron chi connectivity index (χ1n) is 17.2. The molecule has 0 radical (unpaired) electrons. The number of fused-ring (bicyclic) bond motifs is 7. The Balaban J connectivity index is 1.28. The van der Waals surface area contributed by atoms with Crippen molar-refractivity contribution in [2.75, 3.05) is 0 Å². The monoisotopic (exact) mass is 618 g/mol. The van der Waals surface area contributed by atoms with E-state index in [0.717, 1.165) is 57.8 Å². The molecule has 5 N–H and O–H groups in total. The summed E-state index contributed by atoms with van der Waals surface area (Å²) in [7, 11) is 0. The summed E-state index contributed by atoms with van der Waals surface area (Å²) >= 11 is 0. The normalized spacial score (nSPS) is 54.6. The first kappa shape index (κ1) is 32.9. The third-order valence-corrected chi connectivity index (χ3v) is 15.2. The van der Waals surface area contributed by atoms with E-state index in [-0.39, 0.29) is 44.7 Å². The Morgan fingerprint density at radius 3 is 2.16 bits per heavy atom. The second-order valence-corrected chi connectivity index (χ2v) is 18.2. The van der Waals surface area contributed by atoms with Gasteiger partial charge in [0.05, 0.1) is 12.2 Å². The topological polar surface area (TPSA) is 137 Å². The number of hydrogen-bond acceptors (Lipinski definition) is 7. The van der Waals surface area contributed by atoms with Gasteiger partial charge in [0.15, 0.2) is 12.4 Å². The highest BCUT2D eigenvalue weighted by Gasteiger charge is 2.69.